The average Bonchev–Trinajstić information content (AvgIpc) is 2.80. The highest BCUT2D eigenvalue weighted by molar-refractivity contribution is 7.10. The van der Waals surface area contributed by atoms with E-state index in [0.717, 1.165) is 36.9 Å². The van der Waals surface area contributed by atoms with Crippen molar-refractivity contribution in [1.29, 1.82) is 0 Å². The van der Waals surface area contributed by atoms with Crippen LogP contribution in [0.5, 0.6) is 0 Å². The van der Waals surface area contributed by atoms with E-state index in [1.807, 2.05) is 0 Å². The van der Waals surface area contributed by atoms with E-state index in [0.29, 0.717) is 13.2 Å². The highest BCUT2D eigenvalue weighted by atomic mass is 32.1. The molecule has 18 heavy (non-hydrogen) atoms. The largest absolute Gasteiger partial charge is 0.383 e. The Bertz CT molecular complexity index is 314. The topological polar surface area (TPSA) is 59.5 Å². The average molecular weight is 274 g/mol. The molecule has 0 unspecified atom stereocenters. The lowest BCUT2D eigenvalue weighted by atomic mass is 10.3. The Kier molecular flexibility index (Phi) is 7.83. The minimum Gasteiger partial charge on any atom is -0.383 e. The number of anilines is 1. The molecule has 1 N–H and O–H groups in total. The SMILES string of the molecule is CCNc1snnc1CN(CCOC)CCOC. The first kappa shape index (κ1) is 15.3. The third-order valence-electron chi connectivity index (χ3n) is 2.49. The zero-order chi connectivity index (χ0) is 13.2. The maximum absolute atomic E-state index is 5.12. The Morgan fingerprint density at radius 2 is 1.89 bits per heavy atom. The van der Waals surface area contributed by atoms with Crippen LogP contribution >= 0.6 is 11.5 Å². The smallest absolute Gasteiger partial charge is 0.134 e. The highest BCUT2D eigenvalue weighted by Crippen LogP contribution is 2.18. The normalized spacial score (nSPS) is 11.1. The molecule has 0 aliphatic rings. The van der Waals surface area contributed by atoms with Gasteiger partial charge in [0.25, 0.3) is 0 Å². The zero-order valence-electron chi connectivity index (χ0n) is 11.3. The second kappa shape index (κ2) is 9.21. The summed E-state index contributed by atoms with van der Waals surface area (Å²) in [7, 11) is 3.42. The highest BCUT2D eigenvalue weighted by Gasteiger charge is 2.12. The standard InChI is InChI=1S/C11H22N4O2S/c1-4-12-11-10(13-14-18-11)9-15(5-7-16-2)6-8-17-3/h12H,4-9H2,1-3H3. The summed E-state index contributed by atoms with van der Waals surface area (Å²) in [5.41, 5.74) is 0.994. The van der Waals surface area contributed by atoms with Crippen LogP contribution in [0, 0.1) is 0 Å². The number of rotatable bonds is 10. The third-order valence-corrected chi connectivity index (χ3v) is 3.22. The Morgan fingerprint density at radius 3 is 2.44 bits per heavy atom. The lowest BCUT2D eigenvalue weighted by molar-refractivity contribution is 0.109. The van der Waals surface area contributed by atoms with Crippen molar-refractivity contribution >= 4 is 16.5 Å². The van der Waals surface area contributed by atoms with Crippen LogP contribution in [0.1, 0.15) is 12.6 Å². The predicted molar refractivity (Wildman–Crippen MR) is 73.1 cm³/mol. The molecule has 0 radical (unpaired) electrons. The summed E-state index contributed by atoms with van der Waals surface area (Å²) >= 11 is 1.40. The number of methoxy groups -OCH3 is 2. The quantitative estimate of drug-likeness (QED) is 0.688. The molecular formula is C11H22N4O2S. The first-order valence-electron chi connectivity index (χ1n) is 6.07. The fourth-order valence-corrected chi connectivity index (χ4v) is 2.17. The summed E-state index contributed by atoms with van der Waals surface area (Å²) in [5, 5.41) is 8.50. The summed E-state index contributed by atoms with van der Waals surface area (Å²) in [5.74, 6) is 0. The van der Waals surface area contributed by atoms with Crippen molar-refractivity contribution in [2.45, 2.75) is 13.5 Å². The van der Waals surface area contributed by atoms with Crippen molar-refractivity contribution < 1.29 is 9.47 Å². The van der Waals surface area contributed by atoms with E-state index in [2.05, 4.69) is 26.7 Å². The van der Waals surface area contributed by atoms with Gasteiger partial charge >= 0.3 is 0 Å². The fraction of sp³-hybridized carbons (Fsp3) is 0.818. The van der Waals surface area contributed by atoms with E-state index >= 15 is 0 Å². The van der Waals surface area contributed by atoms with Gasteiger partial charge in [-0.3, -0.25) is 4.90 Å². The predicted octanol–water partition coefficient (Wildman–Crippen LogP) is 1.06. The van der Waals surface area contributed by atoms with Crippen molar-refractivity contribution in [1.82, 2.24) is 14.5 Å². The van der Waals surface area contributed by atoms with Gasteiger partial charge in [-0.05, 0) is 6.92 Å². The Hall–Kier alpha value is -0.760. The fourth-order valence-electron chi connectivity index (χ4n) is 1.53. The van der Waals surface area contributed by atoms with Crippen LogP contribution in [-0.4, -0.2) is 61.6 Å². The lowest BCUT2D eigenvalue weighted by Gasteiger charge is -2.20. The molecule has 104 valence electrons. The number of hydrogen-bond acceptors (Lipinski definition) is 7. The van der Waals surface area contributed by atoms with Gasteiger partial charge in [-0.15, -0.1) is 5.10 Å². The number of nitrogens with one attached hydrogen (secondary N) is 1. The molecular weight excluding hydrogens is 252 g/mol. The number of aromatic nitrogens is 2. The van der Waals surface area contributed by atoms with Crippen LogP contribution in [0.4, 0.5) is 5.00 Å². The van der Waals surface area contributed by atoms with Gasteiger partial charge in [-0.25, -0.2) is 0 Å². The van der Waals surface area contributed by atoms with Crippen molar-refractivity contribution in [2.24, 2.45) is 0 Å². The van der Waals surface area contributed by atoms with Gasteiger partial charge in [-0.2, -0.15) is 0 Å². The maximum Gasteiger partial charge on any atom is 0.134 e. The molecule has 0 aromatic carbocycles. The van der Waals surface area contributed by atoms with E-state index < -0.39 is 0 Å². The van der Waals surface area contributed by atoms with Crippen LogP contribution in [0.15, 0.2) is 0 Å². The van der Waals surface area contributed by atoms with E-state index in [1.54, 1.807) is 14.2 Å². The van der Waals surface area contributed by atoms with Gasteiger partial charge in [0, 0.05) is 51.9 Å². The van der Waals surface area contributed by atoms with Gasteiger partial charge in [-0.1, -0.05) is 4.49 Å². The lowest BCUT2D eigenvalue weighted by Crippen LogP contribution is -2.30. The van der Waals surface area contributed by atoms with E-state index in [1.165, 1.54) is 11.5 Å². The molecule has 7 heteroatoms. The zero-order valence-corrected chi connectivity index (χ0v) is 12.1. The summed E-state index contributed by atoms with van der Waals surface area (Å²) in [4.78, 5) is 2.25. The summed E-state index contributed by atoms with van der Waals surface area (Å²) < 4.78 is 14.2. The number of nitrogens with zero attached hydrogens (tertiary/aromatic N) is 3. The summed E-state index contributed by atoms with van der Waals surface area (Å²) in [6.07, 6.45) is 0. The Morgan fingerprint density at radius 1 is 1.22 bits per heavy atom. The van der Waals surface area contributed by atoms with Crippen molar-refractivity contribution in [3.05, 3.63) is 5.69 Å². The molecule has 0 aliphatic carbocycles. The first-order chi connectivity index (χ1) is 8.81. The Balaban J connectivity index is 2.53. The molecule has 0 fully saturated rings. The second-order valence-corrected chi connectivity index (χ2v) is 4.59. The van der Waals surface area contributed by atoms with E-state index in [-0.39, 0.29) is 0 Å². The minimum absolute atomic E-state index is 0.706. The second-order valence-electron chi connectivity index (χ2n) is 3.84. The van der Waals surface area contributed by atoms with Crippen LogP contribution in [0.25, 0.3) is 0 Å². The van der Waals surface area contributed by atoms with Crippen LogP contribution in [0.3, 0.4) is 0 Å². The molecule has 0 saturated carbocycles. The van der Waals surface area contributed by atoms with Gasteiger partial charge in [0.05, 0.1) is 13.2 Å². The molecule has 0 atom stereocenters. The number of ether oxygens (including phenoxy) is 2. The van der Waals surface area contributed by atoms with E-state index in [9.17, 15) is 0 Å². The van der Waals surface area contributed by atoms with Crippen LogP contribution < -0.4 is 5.32 Å². The summed E-state index contributed by atoms with van der Waals surface area (Å²) in [6, 6.07) is 0. The molecule has 0 bridgehead atoms. The van der Waals surface area contributed by atoms with Crippen molar-refractivity contribution in [3.63, 3.8) is 0 Å². The van der Waals surface area contributed by atoms with E-state index in [4.69, 9.17) is 9.47 Å². The number of hydrogen-bond donors (Lipinski definition) is 1. The molecule has 1 rings (SSSR count). The van der Waals surface area contributed by atoms with Crippen LogP contribution in [-0.2, 0) is 16.0 Å². The van der Waals surface area contributed by atoms with Gasteiger partial charge < -0.3 is 14.8 Å². The molecule has 0 saturated heterocycles. The molecule has 6 nitrogen and oxygen atoms in total. The summed E-state index contributed by atoms with van der Waals surface area (Å²) in [6.45, 7) is 6.86. The van der Waals surface area contributed by atoms with Gasteiger partial charge in [0.2, 0.25) is 0 Å². The van der Waals surface area contributed by atoms with Crippen molar-refractivity contribution in [2.75, 3.05) is 52.4 Å². The molecule has 1 aromatic heterocycles. The first-order valence-corrected chi connectivity index (χ1v) is 6.84. The molecule has 0 amide bonds. The van der Waals surface area contributed by atoms with Crippen LogP contribution in [0.2, 0.25) is 0 Å². The molecule has 0 aliphatic heterocycles. The van der Waals surface area contributed by atoms with Gasteiger partial charge in [0.1, 0.15) is 10.7 Å². The Labute approximate surface area is 112 Å². The third kappa shape index (κ3) is 5.26. The minimum atomic E-state index is 0.706. The maximum atomic E-state index is 5.12. The molecule has 1 heterocycles. The van der Waals surface area contributed by atoms with Gasteiger partial charge in [0.15, 0.2) is 0 Å². The monoisotopic (exact) mass is 274 g/mol. The molecule has 0 spiro atoms. The van der Waals surface area contributed by atoms with Crippen molar-refractivity contribution in [3.8, 4) is 0 Å². The molecule has 1 aromatic rings.